The van der Waals surface area contributed by atoms with Crippen LogP contribution in [0.5, 0.6) is 0 Å². The lowest BCUT2D eigenvalue weighted by Crippen LogP contribution is -2.31. The second-order valence-corrected chi connectivity index (χ2v) is 8.25. The first-order valence-corrected chi connectivity index (χ1v) is 10.5. The summed E-state index contributed by atoms with van der Waals surface area (Å²) in [4.78, 5) is 7.22. The highest BCUT2D eigenvalue weighted by Crippen LogP contribution is 2.39. The summed E-state index contributed by atoms with van der Waals surface area (Å²) in [6, 6.07) is 18.0. The normalized spacial score (nSPS) is 13.9. The van der Waals surface area contributed by atoms with Crippen molar-refractivity contribution in [1.29, 1.82) is 5.26 Å². The van der Waals surface area contributed by atoms with E-state index in [1.54, 1.807) is 6.07 Å². The molecule has 0 unspecified atom stereocenters. The molecule has 5 heteroatoms. The van der Waals surface area contributed by atoms with Crippen molar-refractivity contribution in [2.75, 3.05) is 18.0 Å². The van der Waals surface area contributed by atoms with Crippen molar-refractivity contribution in [1.82, 2.24) is 4.98 Å². The molecule has 0 atom stereocenters. The number of hydrogen-bond donors (Lipinski definition) is 0. The van der Waals surface area contributed by atoms with Gasteiger partial charge in [0.15, 0.2) is 0 Å². The van der Waals surface area contributed by atoms with E-state index in [1.165, 1.54) is 12.0 Å². The molecule has 2 aromatic carbocycles. The Kier molecular flexibility index (Phi) is 5.76. The Morgan fingerprint density at radius 1 is 0.931 bits per heavy atom. The van der Waals surface area contributed by atoms with Crippen LogP contribution in [0.1, 0.15) is 30.4 Å². The van der Waals surface area contributed by atoms with Gasteiger partial charge in [-0.2, -0.15) is 5.26 Å². The molecule has 1 fully saturated rings. The smallest absolute Gasteiger partial charge is 0.147 e. The van der Waals surface area contributed by atoms with E-state index in [0.29, 0.717) is 15.6 Å². The van der Waals surface area contributed by atoms with Crippen LogP contribution in [0, 0.1) is 18.3 Å². The van der Waals surface area contributed by atoms with Gasteiger partial charge in [-0.3, -0.25) is 0 Å². The summed E-state index contributed by atoms with van der Waals surface area (Å²) in [5.74, 6) is 0.740. The van der Waals surface area contributed by atoms with Crippen molar-refractivity contribution in [2.45, 2.75) is 26.2 Å². The van der Waals surface area contributed by atoms with E-state index in [4.69, 9.17) is 28.2 Å². The molecular formula is C24H21Cl2N3. The van der Waals surface area contributed by atoms with Crippen LogP contribution in [-0.4, -0.2) is 18.1 Å². The molecule has 2 heterocycles. The van der Waals surface area contributed by atoms with Gasteiger partial charge in [-0.25, -0.2) is 4.98 Å². The molecule has 3 aromatic rings. The number of halogens is 2. The zero-order chi connectivity index (χ0) is 20.4. The fraction of sp³-hybridized carbons (Fsp3) is 0.250. The van der Waals surface area contributed by atoms with Crippen molar-refractivity contribution in [2.24, 2.45) is 0 Å². The highest BCUT2D eigenvalue weighted by atomic mass is 35.5. The van der Waals surface area contributed by atoms with Crippen LogP contribution >= 0.6 is 23.2 Å². The predicted octanol–water partition coefficient (Wildman–Crippen LogP) is 6.89. The van der Waals surface area contributed by atoms with Crippen molar-refractivity contribution in [3.05, 3.63) is 69.7 Å². The number of anilines is 1. The van der Waals surface area contributed by atoms with E-state index in [1.807, 2.05) is 18.2 Å². The van der Waals surface area contributed by atoms with Crippen LogP contribution in [0.2, 0.25) is 10.0 Å². The maximum Gasteiger partial charge on any atom is 0.147 e. The molecule has 0 aliphatic carbocycles. The van der Waals surface area contributed by atoms with Crippen LogP contribution in [0.4, 0.5) is 5.82 Å². The summed E-state index contributed by atoms with van der Waals surface area (Å²) in [5, 5.41) is 11.0. The first-order chi connectivity index (χ1) is 14.1. The van der Waals surface area contributed by atoms with E-state index in [0.717, 1.165) is 54.1 Å². The average Bonchev–Trinajstić information content (AvgIpc) is 2.74. The molecule has 29 heavy (non-hydrogen) atoms. The van der Waals surface area contributed by atoms with E-state index >= 15 is 0 Å². The molecule has 0 saturated carbocycles. The topological polar surface area (TPSA) is 39.9 Å². The summed E-state index contributed by atoms with van der Waals surface area (Å²) in [6.45, 7) is 3.89. The van der Waals surface area contributed by atoms with Crippen LogP contribution in [0.15, 0.2) is 48.5 Å². The molecule has 0 spiro atoms. The van der Waals surface area contributed by atoms with Crippen LogP contribution in [0.25, 0.3) is 22.4 Å². The van der Waals surface area contributed by atoms with Gasteiger partial charge in [0, 0.05) is 29.2 Å². The van der Waals surface area contributed by atoms with Crippen LogP contribution in [-0.2, 0) is 0 Å². The first kappa shape index (κ1) is 19.8. The number of benzene rings is 2. The zero-order valence-electron chi connectivity index (χ0n) is 16.3. The molecule has 1 aliphatic rings. The first-order valence-electron chi connectivity index (χ1n) is 9.79. The van der Waals surface area contributed by atoms with Gasteiger partial charge < -0.3 is 4.90 Å². The SMILES string of the molecule is Cc1ccc(-c2cc(C#N)c(N3CCCCC3)nc2-c2ccc(Cl)cc2Cl)cc1. The minimum atomic E-state index is 0.549. The second-order valence-electron chi connectivity index (χ2n) is 7.41. The summed E-state index contributed by atoms with van der Waals surface area (Å²) in [5.41, 5.74) is 5.26. The minimum Gasteiger partial charge on any atom is -0.356 e. The van der Waals surface area contributed by atoms with E-state index in [9.17, 15) is 5.26 Å². The summed E-state index contributed by atoms with van der Waals surface area (Å²) >= 11 is 12.7. The van der Waals surface area contributed by atoms with Gasteiger partial charge in [0.2, 0.25) is 0 Å². The number of piperidine rings is 1. The number of nitriles is 1. The van der Waals surface area contributed by atoms with Gasteiger partial charge in [-0.15, -0.1) is 0 Å². The zero-order valence-corrected chi connectivity index (χ0v) is 17.8. The average molecular weight is 422 g/mol. The predicted molar refractivity (Wildman–Crippen MR) is 121 cm³/mol. The number of pyridine rings is 1. The fourth-order valence-electron chi connectivity index (χ4n) is 3.77. The molecule has 0 bridgehead atoms. The maximum atomic E-state index is 9.86. The molecule has 146 valence electrons. The molecule has 1 aliphatic heterocycles. The van der Waals surface area contributed by atoms with Gasteiger partial charge in [0.25, 0.3) is 0 Å². The third-order valence-electron chi connectivity index (χ3n) is 5.33. The number of aryl methyl sites for hydroxylation is 1. The molecule has 0 radical (unpaired) electrons. The molecule has 1 saturated heterocycles. The van der Waals surface area contributed by atoms with Gasteiger partial charge in [-0.05, 0) is 56.0 Å². The Balaban J connectivity index is 1.95. The standard InChI is InChI=1S/C24H21Cl2N3/c1-16-5-7-17(8-6-16)21-13-18(15-27)24(29-11-3-2-4-12-29)28-23(21)20-10-9-19(25)14-22(20)26/h5-10,13-14H,2-4,11-12H2,1H3. The Bertz CT molecular complexity index is 1080. The molecule has 0 amide bonds. The van der Waals surface area contributed by atoms with Crippen molar-refractivity contribution in [3.63, 3.8) is 0 Å². The molecule has 3 nitrogen and oxygen atoms in total. The molecular weight excluding hydrogens is 401 g/mol. The number of rotatable bonds is 3. The highest BCUT2D eigenvalue weighted by Gasteiger charge is 2.21. The Morgan fingerprint density at radius 3 is 2.31 bits per heavy atom. The Labute approximate surface area is 181 Å². The third-order valence-corrected chi connectivity index (χ3v) is 5.88. The van der Waals surface area contributed by atoms with E-state index < -0.39 is 0 Å². The minimum absolute atomic E-state index is 0.549. The highest BCUT2D eigenvalue weighted by molar-refractivity contribution is 6.36. The summed E-state index contributed by atoms with van der Waals surface area (Å²) in [6.07, 6.45) is 3.45. The van der Waals surface area contributed by atoms with Crippen molar-refractivity contribution in [3.8, 4) is 28.5 Å². The van der Waals surface area contributed by atoms with Gasteiger partial charge in [0.05, 0.1) is 16.3 Å². The molecule has 0 N–H and O–H groups in total. The van der Waals surface area contributed by atoms with Crippen molar-refractivity contribution >= 4 is 29.0 Å². The Hall–Kier alpha value is -2.54. The van der Waals surface area contributed by atoms with E-state index in [2.05, 4.69) is 42.2 Å². The van der Waals surface area contributed by atoms with Gasteiger partial charge in [-0.1, -0.05) is 53.0 Å². The van der Waals surface area contributed by atoms with Crippen LogP contribution < -0.4 is 4.90 Å². The third kappa shape index (κ3) is 4.10. The summed E-state index contributed by atoms with van der Waals surface area (Å²) < 4.78 is 0. The van der Waals surface area contributed by atoms with Crippen molar-refractivity contribution < 1.29 is 0 Å². The lowest BCUT2D eigenvalue weighted by Gasteiger charge is -2.29. The van der Waals surface area contributed by atoms with Gasteiger partial charge >= 0.3 is 0 Å². The molecule has 4 rings (SSSR count). The van der Waals surface area contributed by atoms with E-state index in [-0.39, 0.29) is 0 Å². The quantitative estimate of drug-likeness (QED) is 0.461. The molecule has 1 aromatic heterocycles. The number of hydrogen-bond acceptors (Lipinski definition) is 3. The van der Waals surface area contributed by atoms with Gasteiger partial charge in [0.1, 0.15) is 11.9 Å². The maximum absolute atomic E-state index is 9.86. The summed E-state index contributed by atoms with van der Waals surface area (Å²) in [7, 11) is 0. The number of nitrogens with zero attached hydrogens (tertiary/aromatic N) is 3. The number of aromatic nitrogens is 1. The lowest BCUT2D eigenvalue weighted by molar-refractivity contribution is 0.573. The van der Waals surface area contributed by atoms with Crippen LogP contribution in [0.3, 0.4) is 0 Å². The lowest BCUT2D eigenvalue weighted by atomic mass is 9.96. The second kappa shape index (κ2) is 8.45. The fourth-order valence-corrected chi connectivity index (χ4v) is 4.27. The Morgan fingerprint density at radius 2 is 1.66 bits per heavy atom. The largest absolute Gasteiger partial charge is 0.356 e. The monoisotopic (exact) mass is 421 g/mol.